The van der Waals surface area contributed by atoms with Crippen LogP contribution in [-0.2, 0) is 16.0 Å². The van der Waals surface area contributed by atoms with E-state index in [0.717, 1.165) is 0 Å². The molecule has 1 aromatic rings. The second-order valence-electron chi connectivity index (χ2n) is 3.46. The van der Waals surface area contributed by atoms with Crippen molar-refractivity contribution in [3.8, 4) is 0 Å². The maximum Gasteiger partial charge on any atom is 0.311 e. The Balaban J connectivity index is 2.65. The van der Waals surface area contributed by atoms with Crippen molar-refractivity contribution in [2.75, 3.05) is 6.61 Å². The third kappa shape index (κ3) is 4.15. The van der Waals surface area contributed by atoms with Gasteiger partial charge in [0.2, 0.25) is 0 Å². The van der Waals surface area contributed by atoms with Gasteiger partial charge in [-0.15, -0.1) is 0 Å². The molecule has 5 heteroatoms. The predicted octanol–water partition coefficient (Wildman–Crippen LogP) is 2.99. The van der Waals surface area contributed by atoms with Gasteiger partial charge < -0.3 is 10.1 Å². The molecule has 17 heavy (non-hydrogen) atoms. The Labute approximate surface area is 104 Å². The molecule has 0 amide bonds. The topological polar surface area (TPSA) is 50.2 Å². The van der Waals surface area contributed by atoms with Crippen molar-refractivity contribution < 1.29 is 13.9 Å². The van der Waals surface area contributed by atoms with Gasteiger partial charge in [0.1, 0.15) is 5.82 Å². The summed E-state index contributed by atoms with van der Waals surface area (Å²) >= 11 is 5.82. The van der Waals surface area contributed by atoms with Crippen molar-refractivity contribution in [3.63, 3.8) is 0 Å². The number of hydrogen-bond donors (Lipinski definition) is 1. The van der Waals surface area contributed by atoms with Gasteiger partial charge in [0, 0.05) is 22.7 Å². The van der Waals surface area contributed by atoms with Crippen molar-refractivity contribution in [1.82, 2.24) is 0 Å². The number of ether oxygens (including phenoxy) is 1. The Morgan fingerprint density at radius 1 is 1.53 bits per heavy atom. The van der Waals surface area contributed by atoms with Crippen molar-refractivity contribution in [2.45, 2.75) is 19.8 Å². The first-order chi connectivity index (χ1) is 8.04. The summed E-state index contributed by atoms with van der Waals surface area (Å²) in [7, 11) is 0. The standard InChI is InChI=1S/C12H13ClFNO2/c1-2-17-12(16)7-8(15)6-9-10(13)4-3-5-11(9)14/h3-5,15H,2,6-7H2,1H3. The van der Waals surface area contributed by atoms with Gasteiger partial charge in [-0.2, -0.15) is 0 Å². The molecule has 1 rings (SSSR count). The van der Waals surface area contributed by atoms with Crippen LogP contribution >= 0.6 is 11.6 Å². The summed E-state index contributed by atoms with van der Waals surface area (Å²) in [5.41, 5.74) is 0.318. The van der Waals surface area contributed by atoms with Crippen LogP contribution in [0, 0.1) is 11.2 Å². The zero-order valence-electron chi connectivity index (χ0n) is 9.43. The molecule has 0 radical (unpaired) electrons. The lowest BCUT2D eigenvalue weighted by Crippen LogP contribution is -2.13. The van der Waals surface area contributed by atoms with Crippen LogP contribution in [0.25, 0.3) is 0 Å². The minimum Gasteiger partial charge on any atom is -0.466 e. The number of halogens is 2. The van der Waals surface area contributed by atoms with E-state index in [0.29, 0.717) is 0 Å². The first-order valence-electron chi connectivity index (χ1n) is 5.19. The van der Waals surface area contributed by atoms with Crippen molar-refractivity contribution >= 4 is 23.3 Å². The third-order valence-electron chi connectivity index (χ3n) is 2.11. The summed E-state index contributed by atoms with van der Waals surface area (Å²) in [4.78, 5) is 11.1. The van der Waals surface area contributed by atoms with Crippen LogP contribution in [-0.4, -0.2) is 18.3 Å². The molecule has 1 aromatic carbocycles. The molecule has 0 bridgehead atoms. The largest absolute Gasteiger partial charge is 0.466 e. The van der Waals surface area contributed by atoms with Crippen molar-refractivity contribution in [2.24, 2.45) is 0 Å². The molecule has 0 aliphatic heterocycles. The van der Waals surface area contributed by atoms with Gasteiger partial charge in [0.15, 0.2) is 0 Å². The Morgan fingerprint density at radius 3 is 2.82 bits per heavy atom. The molecule has 0 aliphatic rings. The van der Waals surface area contributed by atoms with Gasteiger partial charge in [0.25, 0.3) is 0 Å². The Morgan fingerprint density at radius 2 is 2.24 bits per heavy atom. The zero-order chi connectivity index (χ0) is 12.8. The molecule has 0 atom stereocenters. The van der Waals surface area contributed by atoms with Crippen LogP contribution in [0.5, 0.6) is 0 Å². The fourth-order valence-corrected chi connectivity index (χ4v) is 1.59. The second-order valence-corrected chi connectivity index (χ2v) is 3.87. The predicted molar refractivity (Wildman–Crippen MR) is 64.1 cm³/mol. The molecule has 0 spiro atoms. The van der Waals surface area contributed by atoms with E-state index in [4.69, 9.17) is 21.7 Å². The van der Waals surface area contributed by atoms with Gasteiger partial charge in [-0.1, -0.05) is 17.7 Å². The molecule has 0 aromatic heterocycles. The molecule has 0 heterocycles. The van der Waals surface area contributed by atoms with E-state index >= 15 is 0 Å². The summed E-state index contributed by atoms with van der Waals surface area (Å²) in [6, 6.07) is 4.33. The van der Waals surface area contributed by atoms with Crippen molar-refractivity contribution in [3.05, 3.63) is 34.6 Å². The lowest BCUT2D eigenvalue weighted by Gasteiger charge is -2.07. The Hall–Kier alpha value is -1.42. The summed E-state index contributed by atoms with van der Waals surface area (Å²) in [5.74, 6) is -0.948. The number of carbonyl (C=O) groups excluding carboxylic acids is 1. The fourth-order valence-electron chi connectivity index (χ4n) is 1.36. The van der Waals surface area contributed by atoms with Gasteiger partial charge in [0.05, 0.1) is 13.0 Å². The van der Waals surface area contributed by atoms with E-state index in [1.807, 2.05) is 0 Å². The highest BCUT2D eigenvalue weighted by atomic mass is 35.5. The lowest BCUT2D eigenvalue weighted by atomic mass is 10.1. The summed E-state index contributed by atoms with van der Waals surface area (Å²) in [6.07, 6.45) is -0.122. The third-order valence-corrected chi connectivity index (χ3v) is 2.47. The minimum absolute atomic E-state index is 0.0182. The maximum absolute atomic E-state index is 13.4. The summed E-state index contributed by atoms with van der Waals surface area (Å²) in [6.45, 7) is 1.96. The number of carbonyl (C=O) groups is 1. The maximum atomic E-state index is 13.4. The van der Waals surface area contributed by atoms with Gasteiger partial charge in [-0.25, -0.2) is 4.39 Å². The van der Waals surface area contributed by atoms with Crippen LogP contribution in [0.15, 0.2) is 18.2 Å². The Kier molecular flexibility index (Phi) is 5.10. The molecule has 3 nitrogen and oxygen atoms in total. The number of benzene rings is 1. The van der Waals surface area contributed by atoms with E-state index in [1.54, 1.807) is 13.0 Å². The molecule has 0 saturated carbocycles. The SMILES string of the molecule is CCOC(=O)CC(=N)Cc1c(F)cccc1Cl. The second kappa shape index (κ2) is 6.35. The van der Waals surface area contributed by atoms with Crippen molar-refractivity contribution in [1.29, 1.82) is 5.41 Å². The molecular formula is C12H13ClFNO2. The smallest absolute Gasteiger partial charge is 0.311 e. The first-order valence-corrected chi connectivity index (χ1v) is 5.57. The van der Waals surface area contributed by atoms with E-state index < -0.39 is 11.8 Å². The van der Waals surface area contributed by atoms with E-state index in [-0.39, 0.29) is 35.7 Å². The summed E-state index contributed by atoms with van der Waals surface area (Å²) < 4.78 is 18.1. The minimum atomic E-state index is -0.482. The van der Waals surface area contributed by atoms with Gasteiger partial charge in [-0.3, -0.25) is 4.79 Å². The normalized spacial score (nSPS) is 10.1. The molecule has 92 valence electrons. The summed E-state index contributed by atoms with van der Waals surface area (Å²) in [5, 5.41) is 7.86. The molecular weight excluding hydrogens is 245 g/mol. The molecule has 1 N–H and O–H groups in total. The van der Waals surface area contributed by atoms with Gasteiger partial charge >= 0.3 is 5.97 Å². The van der Waals surface area contributed by atoms with Crippen LogP contribution in [0.2, 0.25) is 5.02 Å². The lowest BCUT2D eigenvalue weighted by molar-refractivity contribution is -0.141. The monoisotopic (exact) mass is 257 g/mol. The van der Waals surface area contributed by atoms with Gasteiger partial charge in [-0.05, 0) is 19.1 Å². The van der Waals surface area contributed by atoms with Crippen LogP contribution in [0.4, 0.5) is 4.39 Å². The average Bonchev–Trinajstić information content (AvgIpc) is 2.24. The molecule has 0 fully saturated rings. The average molecular weight is 258 g/mol. The molecule has 0 aliphatic carbocycles. The number of hydrogen-bond acceptors (Lipinski definition) is 3. The fraction of sp³-hybridized carbons (Fsp3) is 0.333. The highest BCUT2D eigenvalue weighted by Crippen LogP contribution is 2.20. The van der Waals surface area contributed by atoms with Crippen LogP contribution in [0.1, 0.15) is 18.9 Å². The first kappa shape index (κ1) is 13.6. The Bertz CT molecular complexity index is 414. The highest BCUT2D eigenvalue weighted by Gasteiger charge is 2.12. The molecule has 0 saturated heterocycles. The zero-order valence-corrected chi connectivity index (χ0v) is 10.2. The van der Waals surface area contributed by atoms with Crippen LogP contribution in [0.3, 0.4) is 0 Å². The number of nitrogens with one attached hydrogen (secondary N) is 1. The molecule has 0 unspecified atom stereocenters. The number of rotatable bonds is 5. The van der Waals surface area contributed by atoms with E-state index in [2.05, 4.69) is 0 Å². The van der Waals surface area contributed by atoms with E-state index in [1.165, 1.54) is 12.1 Å². The van der Waals surface area contributed by atoms with E-state index in [9.17, 15) is 9.18 Å². The van der Waals surface area contributed by atoms with Crippen LogP contribution < -0.4 is 0 Å². The highest BCUT2D eigenvalue weighted by molar-refractivity contribution is 6.31. The number of esters is 1. The quantitative estimate of drug-likeness (QED) is 0.651.